The summed E-state index contributed by atoms with van der Waals surface area (Å²) >= 11 is 0. The Morgan fingerprint density at radius 2 is 1.80 bits per heavy atom. The van der Waals surface area contributed by atoms with Gasteiger partial charge < -0.3 is 5.73 Å². The zero-order valence-electron chi connectivity index (χ0n) is 11.4. The van der Waals surface area contributed by atoms with Gasteiger partial charge in [-0.2, -0.15) is 13.2 Å². The SMILES string of the molecule is CC(C)C(NC(CC(F)(F)F)c1ccccc1)C(N)=O. The van der Waals surface area contributed by atoms with Gasteiger partial charge in [0.05, 0.1) is 12.5 Å². The first-order valence-corrected chi connectivity index (χ1v) is 6.37. The lowest BCUT2D eigenvalue weighted by molar-refractivity contribution is -0.142. The fourth-order valence-corrected chi connectivity index (χ4v) is 2.01. The molecule has 3 N–H and O–H groups in total. The Morgan fingerprint density at radius 1 is 1.25 bits per heavy atom. The van der Waals surface area contributed by atoms with Crippen molar-refractivity contribution in [3.05, 3.63) is 35.9 Å². The smallest absolute Gasteiger partial charge is 0.368 e. The number of primary amides is 1. The van der Waals surface area contributed by atoms with Gasteiger partial charge in [0.15, 0.2) is 0 Å². The van der Waals surface area contributed by atoms with Gasteiger partial charge in [-0.15, -0.1) is 0 Å². The minimum atomic E-state index is -4.33. The van der Waals surface area contributed by atoms with Crippen LogP contribution in [-0.4, -0.2) is 18.1 Å². The minimum Gasteiger partial charge on any atom is -0.368 e. The predicted octanol–water partition coefficient (Wildman–Crippen LogP) is 2.78. The summed E-state index contributed by atoms with van der Waals surface area (Å²) in [7, 11) is 0. The number of benzene rings is 1. The third kappa shape index (κ3) is 5.21. The Morgan fingerprint density at radius 3 is 2.20 bits per heavy atom. The highest BCUT2D eigenvalue weighted by molar-refractivity contribution is 5.80. The summed E-state index contributed by atoms with van der Waals surface area (Å²) in [4.78, 5) is 11.4. The van der Waals surface area contributed by atoms with E-state index in [4.69, 9.17) is 5.73 Å². The Balaban J connectivity index is 2.96. The molecule has 3 nitrogen and oxygen atoms in total. The van der Waals surface area contributed by atoms with E-state index in [1.165, 1.54) is 0 Å². The quantitative estimate of drug-likeness (QED) is 0.845. The van der Waals surface area contributed by atoms with Crippen LogP contribution < -0.4 is 11.1 Å². The van der Waals surface area contributed by atoms with Crippen molar-refractivity contribution in [3.8, 4) is 0 Å². The van der Waals surface area contributed by atoms with Crippen LogP contribution in [0.5, 0.6) is 0 Å². The van der Waals surface area contributed by atoms with Crippen molar-refractivity contribution in [2.24, 2.45) is 11.7 Å². The van der Waals surface area contributed by atoms with Crippen LogP contribution in [0.25, 0.3) is 0 Å². The van der Waals surface area contributed by atoms with Crippen LogP contribution in [0, 0.1) is 5.92 Å². The summed E-state index contributed by atoms with van der Waals surface area (Å²) in [5, 5.41) is 2.73. The lowest BCUT2D eigenvalue weighted by Crippen LogP contribution is -2.47. The van der Waals surface area contributed by atoms with Gasteiger partial charge in [0.2, 0.25) is 5.91 Å². The summed E-state index contributed by atoms with van der Waals surface area (Å²) in [6, 6.07) is 6.45. The zero-order chi connectivity index (χ0) is 15.3. The van der Waals surface area contributed by atoms with Crippen molar-refractivity contribution in [2.45, 2.75) is 38.5 Å². The maximum Gasteiger partial charge on any atom is 0.390 e. The van der Waals surface area contributed by atoms with Crippen molar-refractivity contribution < 1.29 is 18.0 Å². The monoisotopic (exact) mass is 288 g/mol. The number of carbonyl (C=O) groups is 1. The molecule has 2 atom stereocenters. The number of halogens is 3. The first kappa shape index (κ1) is 16.5. The molecule has 0 saturated carbocycles. The Bertz CT molecular complexity index is 432. The molecule has 112 valence electrons. The summed E-state index contributed by atoms with van der Waals surface area (Å²) in [5.41, 5.74) is 5.73. The molecule has 6 heteroatoms. The normalized spacial score (nSPS) is 15.1. The average molecular weight is 288 g/mol. The molecule has 1 aromatic carbocycles. The molecule has 0 saturated heterocycles. The number of nitrogens with one attached hydrogen (secondary N) is 1. The van der Waals surface area contributed by atoms with Gasteiger partial charge in [-0.05, 0) is 11.5 Å². The van der Waals surface area contributed by atoms with E-state index in [9.17, 15) is 18.0 Å². The molecular formula is C14H19F3N2O. The highest BCUT2D eigenvalue weighted by Gasteiger charge is 2.34. The topological polar surface area (TPSA) is 55.1 Å². The molecule has 0 aliphatic rings. The zero-order valence-corrected chi connectivity index (χ0v) is 11.4. The molecule has 0 aliphatic heterocycles. The Kier molecular flexibility index (Phi) is 5.56. The number of alkyl halides is 3. The van der Waals surface area contributed by atoms with Crippen LogP contribution >= 0.6 is 0 Å². The molecule has 1 aromatic rings. The van der Waals surface area contributed by atoms with Crippen molar-refractivity contribution in [3.63, 3.8) is 0 Å². The summed E-state index contributed by atoms with van der Waals surface area (Å²) in [5.74, 6) is -0.838. The van der Waals surface area contributed by atoms with Crippen LogP contribution in [0.1, 0.15) is 31.9 Å². The highest BCUT2D eigenvalue weighted by atomic mass is 19.4. The number of carbonyl (C=O) groups excluding carboxylic acids is 1. The van der Waals surface area contributed by atoms with Crippen molar-refractivity contribution >= 4 is 5.91 Å². The van der Waals surface area contributed by atoms with Crippen LogP contribution in [0.4, 0.5) is 13.2 Å². The van der Waals surface area contributed by atoms with E-state index in [0.717, 1.165) is 0 Å². The van der Waals surface area contributed by atoms with Crippen LogP contribution in [0.15, 0.2) is 30.3 Å². The van der Waals surface area contributed by atoms with Gasteiger partial charge in [0, 0.05) is 6.04 Å². The lowest BCUT2D eigenvalue weighted by Gasteiger charge is -2.27. The Hall–Kier alpha value is -1.56. The van der Waals surface area contributed by atoms with Crippen molar-refractivity contribution in [2.75, 3.05) is 0 Å². The van der Waals surface area contributed by atoms with Crippen molar-refractivity contribution in [1.82, 2.24) is 5.32 Å². The second kappa shape index (κ2) is 6.74. The molecule has 0 fully saturated rings. The van der Waals surface area contributed by atoms with Gasteiger partial charge >= 0.3 is 6.18 Å². The molecule has 20 heavy (non-hydrogen) atoms. The number of rotatable bonds is 6. The third-order valence-electron chi connectivity index (χ3n) is 2.99. The van der Waals surface area contributed by atoms with E-state index in [1.54, 1.807) is 44.2 Å². The van der Waals surface area contributed by atoms with Crippen molar-refractivity contribution in [1.29, 1.82) is 0 Å². The molecule has 0 aromatic heterocycles. The standard InChI is InChI=1S/C14H19F3N2O/c1-9(2)12(13(18)20)19-11(8-14(15,16)17)10-6-4-3-5-7-10/h3-7,9,11-12,19H,8H2,1-2H3,(H2,18,20). The molecule has 1 amide bonds. The second-order valence-corrected chi connectivity index (χ2v) is 5.07. The maximum absolute atomic E-state index is 12.7. The van der Waals surface area contributed by atoms with E-state index in [2.05, 4.69) is 5.32 Å². The summed E-state index contributed by atoms with van der Waals surface area (Å²) in [6.45, 7) is 3.47. The average Bonchev–Trinajstić information content (AvgIpc) is 2.33. The highest BCUT2D eigenvalue weighted by Crippen LogP contribution is 2.30. The van der Waals surface area contributed by atoms with Gasteiger partial charge in [0.1, 0.15) is 0 Å². The number of hydrogen-bond acceptors (Lipinski definition) is 2. The fraction of sp³-hybridized carbons (Fsp3) is 0.500. The first-order chi connectivity index (χ1) is 9.20. The van der Waals surface area contributed by atoms with Gasteiger partial charge in [-0.3, -0.25) is 10.1 Å². The van der Waals surface area contributed by atoms with Gasteiger partial charge in [-0.25, -0.2) is 0 Å². The van der Waals surface area contributed by atoms with E-state index in [1.807, 2.05) is 0 Å². The minimum absolute atomic E-state index is 0.188. The van der Waals surface area contributed by atoms with E-state index in [-0.39, 0.29) is 5.92 Å². The van der Waals surface area contributed by atoms with Gasteiger partial charge in [0.25, 0.3) is 0 Å². The van der Waals surface area contributed by atoms with Crippen LogP contribution in [0.3, 0.4) is 0 Å². The van der Waals surface area contributed by atoms with Gasteiger partial charge in [-0.1, -0.05) is 44.2 Å². The molecular weight excluding hydrogens is 269 g/mol. The molecule has 1 rings (SSSR count). The fourth-order valence-electron chi connectivity index (χ4n) is 2.01. The van der Waals surface area contributed by atoms with Crippen LogP contribution in [0.2, 0.25) is 0 Å². The van der Waals surface area contributed by atoms with E-state index in [0.29, 0.717) is 5.56 Å². The number of nitrogens with two attached hydrogens (primary N) is 1. The molecule has 0 aliphatic carbocycles. The maximum atomic E-state index is 12.7. The lowest BCUT2D eigenvalue weighted by atomic mass is 9.98. The molecule has 0 bridgehead atoms. The van der Waals surface area contributed by atoms with Crippen LogP contribution in [-0.2, 0) is 4.79 Å². The van der Waals surface area contributed by atoms with E-state index < -0.39 is 30.6 Å². The molecule has 0 radical (unpaired) electrons. The van der Waals surface area contributed by atoms with E-state index >= 15 is 0 Å². The molecule has 0 heterocycles. The largest absolute Gasteiger partial charge is 0.390 e. The number of hydrogen-bond donors (Lipinski definition) is 2. The first-order valence-electron chi connectivity index (χ1n) is 6.37. The molecule has 0 spiro atoms. The molecule has 2 unspecified atom stereocenters. The summed E-state index contributed by atoms with van der Waals surface area (Å²) in [6.07, 6.45) is -5.37. The summed E-state index contributed by atoms with van der Waals surface area (Å²) < 4.78 is 38.1. The second-order valence-electron chi connectivity index (χ2n) is 5.07. The number of amides is 1. The predicted molar refractivity (Wildman–Crippen MR) is 70.8 cm³/mol. The third-order valence-corrected chi connectivity index (χ3v) is 2.99. The Labute approximate surface area is 116 Å².